The number of fused-ring (bicyclic) bond motifs is 1. The first kappa shape index (κ1) is 19.2. The Morgan fingerprint density at radius 3 is 2.44 bits per heavy atom. The summed E-state index contributed by atoms with van der Waals surface area (Å²) in [6, 6.07) is 5.50. The summed E-state index contributed by atoms with van der Waals surface area (Å²) < 4.78 is 11.0. The molecule has 1 N–H and O–H groups in total. The average molecular weight is 371 g/mol. The first-order chi connectivity index (χ1) is 13.0. The molecule has 2 aliphatic rings. The highest BCUT2D eigenvalue weighted by Gasteiger charge is 2.47. The van der Waals surface area contributed by atoms with E-state index in [1.54, 1.807) is 13.2 Å². The van der Waals surface area contributed by atoms with Crippen molar-refractivity contribution < 1.29 is 24.2 Å². The van der Waals surface area contributed by atoms with Gasteiger partial charge >= 0.3 is 0 Å². The van der Waals surface area contributed by atoms with Crippen molar-refractivity contribution in [2.24, 2.45) is 11.8 Å². The molecule has 0 aromatic heterocycles. The van der Waals surface area contributed by atoms with Gasteiger partial charge in [0, 0.05) is 0 Å². The van der Waals surface area contributed by atoms with Crippen LogP contribution in [-0.2, 0) is 9.59 Å². The zero-order valence-corrected chi connectivity index (χ0v) is 15.6. The smallest absolute Gasteiger partial charge is 0.233 e. The zero-order chi connectivity index (χ0) is 19.4. The van der Waals surface area contributed by atoms with Gasteiger partial charge in [0.25, 0.3) is 0 Å². The van der Waals surface area contributed by atoms with Crippen LogP contribution in [0.5, 0.6) is 11.5 Å². The van der Waals surface area contributed by atoms with Gasteiger partial charge in [-0.05, 0) is 37.5 Å². The van der Waals surface area contributed by atoms with Crippen LogP contribution >= 0.6 is 0 Å². The summed E-state index contributed by atoms with van der Waals surface area (Å²) in [7, 11) is 1.55. The third-order valence-electron chi connectivity index (χ3n) is 4.97. The maximum absolute atomic E-state index is 12.5. The number of amides is 2. The third kappa shape index (κ3) is 4.06. The second-order valence-corrected chi connectivity index (χ2v) is 6.82. The molecule has 1 saturated heterocycles. The number of aliphatic hydroxyl groups is 1. The maximum Gasteiger partial charge on any atom is 0.233 e. The summed E-state index contributed by atoms with van der Waals surface area (Å²) in [5.74, 6) is 0.109. The molecule has 0 saturated carbocycles. The highest BCUT2D eigenvalue weighted by molar-refractivity contribution is 6.05. The van der Waals surface area contributed by atoms with Gasteiger partial charge in [-0.1, -0.05) is 30.4 Å². The van der Waals surface area contributed by atoms with Crippen molar-refractivity contribution in [2.75, 3.05) is 20.3 Å². The van der Waals surface area contributed by atoms with Crippen LogP contribution in [0.15, 0.2) is 36.4 Å². The van der Waals surface area contributed by atoms with Crippen LogP contribution in [0.25, 0.3) is 6.08 Å². The Morgan fingerprint density at radius 2 is 1.85 bits per heavy atom. The van der Waals surface area contributed by atoms with Crippen molar-refractivity contribution in [2.45, 2.75) is 25.9 Å². The number of methoxy groups -OCH3 is 1. The highest BCUT2D eigenvalue weighted by Crippen LogP contribution is 2.35. The Labute approximate surface area is 159 Å². The number of carbonyl (C=O) groups excluding carboxylic acids is 2. The Hall–Kier alpha value is -2.60. The van der Waals surface area contributed by atoms with Gasteiger partial charge in [0.05, 0.1) is 25.5 Å². The lowest BCUT2D eigenvalue weighted by Gasteiger charge is -2.20. The average Bonchev–Trinajstić information content (AvgIpc) is 2.92. The number of benzene rings is 1. The largest absolute Gasteiger partial charge is 0.493 e. The molecule has 6 heteroatoms. The number of carbonyl (C=O) groups is 2. The molecule has 144 valence electrons. The molecule has 0 unspecified atom stereocenters. The summed E-state index contributed by atoms with van der Waals surface area (Å²) in [4.78, 5) is 26.1. The number of likely N-dealkylation sites (tertiary alicyclic amines) is 1. The minimum absolute atomic E-state index is 0.0377. The van der Waals surface area contributed by atoms with E-state index in [4.69, 9.17) is 9.47 Å². The van der Waals surface area contributed by atoms with Crippen molar-refractivity contribution in [1.82, 2.24) is 4.90 Å². The van der Waals surface area contributed by atoms with Gasteiger partial charge in [0.15, 0.2) is 11.5 Å². The van der Waals surface area contributed by atoms with E-state index in [0.717, 1.165) is 5.56 Å². The molecule has 3 rings (SSSR count). The van der Waals surface area contributed by atoms with Gasteiger partial charge in [0.2, 0.25) is 11.8 Å². The Morgan fingerprint density at radius 1 is 1.19 bits per heavy atom. The molecule has 6 nitrogen and oxygen atoms in total. The quantitative estimate of drug-likeness (QED) is 0.588. The topological polar surface area (TPSA) is 76.1 Å². The summed E-state index contributed by atoms with van der Waals surface area (Å²) in [6.07, 6.45) is 7.97. The molecular formula is C21H25NO5. The SMILES string of the molecule is C/C=C\c1ccc(OC[C@H](O)CN2C(=O)[C@@H]3CC=CC[C@H]3C2=O)c(OC)c1. The number of hydrogen-bond acceptors (Lipinski definition) is 5. The van der Waals surface area contributed by atoms with E-state index in [-0.39, 0.29) is 36.8 Å². The van der Waals surface area contributed by atoms with E-state index >= 15 is 0 Å². The van der Waals surface area contributed by atoms with Crippen molar-refractivity contribution in [3.05, 3.63) is 42.0 Å². The number of aliphatic hydroxyl groups excluding tert-OH is 1. The minimum atomic E-state index is -0.967. The number of allylic oxidation sites excluding steroid dienone is 3. The van der Waals surface area contributed by atoms with Crippen LogP contribution in [0.2, 0.25) is 0 Å². The van der Waals surface area contributed by atoms with Crippen LogP contribution in [0, 0.1) is 11.8 Å². The van der Waals surface area contributed by atoms with Crippen molar-refractivity contribution in [3.8, 4) is 11.5 Å². The van der Waals surface area contributed by atoms with E-state index in [2.05, 4.69) is 0 Å². The maximum atomic E-state index is 12.5. The lowest BCUT2D eigenvalue weighted by atomic mass is 9.85. The predicted octanol–water partition coefficient (Wildman–Crippen LogP) is 2.42. The molecule has 1 aliphatic heterocycles. The van der Waals surface area contributed by atoms with Crippen LogP contribution in [-0.4, -0.2) is 48.2 Å². The summed E-state index contributed by atoms with van der Waals surface area (Å²) >= 11 is 0. The second kappa shape index (κ2) is 8.39. The zero-order valence-electron chi connectivity index (χ0n) is 15.6. The van der Waals surface area contributed by atoms with Crippen LogP contribution in [0.3, 0.4) is 0 Å². The molecule has 1 aromatic rings. The fourth-order valence-corrected chi connectivity index (χ4v) is 3.60. The van der Waals surface area contributed by atoms with Crippen molar-refractivity contribution >= 4 is 17.9 Å². The van der Waals surface area contributed by atoms with Crippen LogP contribution in [0.4, 0.5) is 0 Å². The molecule has 1 heterocycles. The van der Waals surface area contributed by atoms with Crippen LogP contribution in [0.1, 0.15) is 25.3 Å². The number of imide groups is 1. The summed E-state index contributed by atoms with van der Waals surface area (Å²) in [5.41, 5.74) is 0.978. The highest BCUT2D eigenvalue weighted by atomic mass is 16.5. The molecule has 1 aliphatic carbocycles. The lowest BCUT2D eigenvalue weighted by Crippen LogP contribution is -2.40. The molecule has 1 aromatic carbocycles. The van der Waals surface area contributed by atoms with E-state index < -0.39 is 6.10 Å². The van der Waals surface area contributed by atoms with E-state index in [9.17, 15) is 14.7 Å². The number of nitrogens with zero attached hydrogens (tertiary/aromatic N) is 1. The molecule has 3 atom stereocenters. The molecule has 0 bridgehead atoms. The summed E-state index contributed by atoms with van der Waals surface area (Å²) in [5, 5.41) is 10.3. The van der Waals surface area contributed by atoms with Crippen molar-refractivity contribution in [1.29, 1.82) is 0 Å². The molecule has 0 spiro atoms. The number of rotatable bonds is 7. The van der Waals surface area contributed by atoms with Crippen molar-refractivity contribution in [3.63, 3.8) is 0 Å². The molecule has 2 amide bonds. The van der Waals surface area contributed by atoms with Gasteiger partial charge in [-0.3, -0.25) is 14.5 Å². The molecule has 27 heavy (non-hydrogen) atoms. The fraction of sp³-hybridized carbons (Fsp3) is 0.429. The molecule has 1 fully saturated rings. The van der Waals surface area contributed by atoms with E-state index in [1.165, 1.54) is 4.90 Å². The Kier molecular flexibility index (Phi) is 5.96. The Balaban J connectivity index is 1.59. The number of hydrogen-bond donors (Lipinski definition) is 1. The first-order valence-corrected chi connectivity index (χ1v) is 9.17. The fourth-order valence-electron chi connectivity index (χ4n) is 3.60. The lowest BCUT2D eigenvalue weighted by molar-refractivity contribution is -0.141. The molecular weight excluding hydrogens is 346 g/mol. The van der Waals surface area contributed by atoms with E-state index in [1.807, 2.05) is 43.4 Å². The number of β-amino-alcohol motifs (C(OH)–C–C–N with tert-alkyl or cyclic N) is 1. The Bertz CT molecular complexity index is 744. The summed E-state index contributed by atoms with van der Waals surface area (Å²) in [6.45, 7) is 1.84. The van der Waals surface area contributed by atoms with Gasteiger partial charge in [-0.25, -0.2) is 0 Å². The monoisotopic (exact) mass is 371 g/mol. The van der Waals surface area contributed by atoms with Gasteiger partial charge in [0.1, 0.15) is 12.7 Å². The van der Waals surface area contributed by atoms with Gasteiger partial charge in [-0.2, -0.15) is 0 Å². The third-order valence-corrected chi connectivity index (χ3v) is 4.97. The minimum Gasteiger partial charge on any atom is -0.493 e. The number of ether oxygens (including phenoxy) is 2. The van der Waals surface area contributed by atoms with E-state index in [0.29, 0.717) is 24.3 Å². The van der Waals surface area contributed by atoms with Gasteiger partial charge in [-0.15, -0.1) is 0 Å². The standard InChI is InChI=1S/C21H25NO5/c1-3-6-14-9-10-18(19(11-14)26-2)27-13-15(23)12-22-20(24)16-7-4-5-8-17(16)21(22)25/h3-6,9-11,15-17,23H,7-8,12-13H2,1-2H3/b6-3-/t15-,16-,17-/m1/s1. The van der Waals surface area contributed by atoms with Crippen LogP contribution < -0.4 is 9.47 Å². The molecule has 0 radical (unpaired) electrons. The second-order valence-electron chi connectivity index (χ2n) is 6.82. The van der Waals surface area contributed by atoms with Gasteiger partial charge < -0.3 is 14.6 Å². The normalized spacial score (nSPS) is 23.0. The first-order valence-electron chi connectivity index (χ1n) is 9.17. The predicted molar refractivity (Wildman–Crippen MR) is 101 cm³/mol.